The van der Waals surface area contributed by atoms with Gasteiger partial charge in [0.2, 0.25) is 0 Å². The van der Waals surface area contributed by atoms with Crippen LogP contribution in [0.1, 0.15) is 58.8 Å². The van der Waals surface area contributed by atoms with Gasteiger partial charge in [0.1, 0.15) is 0 Å². The van der Waals surface area contributed by atoms with Crippen LogP contribution < -0.4 is 5.32 Å². The molecule has 0 spiro atoms. The van der Waals surface area contributed by atoms with E-state index in [0.29, 0.717) is 18.2 Å². The van der Waals surface area contributed by atoms with Gasteiger partial charge < -0.3 is 14.8 Å². The van der Waals surface area contributed by atoms with Crippen molar-refractivity contribution in [1.29, 1.82) is 0 Å². The van der Waals surface area contributed by atoms with Crippen LogP contribution in [-0.2, 0) is 9.47 Å². The lowest BCUT2D eigenvalue weighted by molar-refractivity contribution is -0.134. The number of hydrogen-bond acceptors (Lipinski definition) is 3. The molecule has 0 heterocycles. The summed E-state index contributed by atoms with van der Waals surface area (Å²) >= 11 is 0. The van der Waals surface area contributed by atoms with E-state index in [0.717, 1.165) is 18.9 Å². The predicted molar refractivity (Wildman–Crippen MR) is 78.4 cm³/mol. The molecule has 0 radical (unpaired) electrons. The van der Waals surface area contributed by atoms with Crippen LogP contribution >= 0.6 is 0 Å². The maximum absolute atomic E-state index is 5.71. The number of methoxy groups -OCH3 is 1. The van der Waals surface area contributed by atoms with Crippen LogP contribution in [0.15, 0.2) is 0 Å². The van der Waals surface area contributed by atoms with E-state index in [1.165, 1.54) is 38.5 Å². The van der Waals surface area contributed by atoms with Gasteiger partial charge in [-0.1, -0.05) is 26.2 Å². The van der Waals surface area contributed by atoms with Crippen LogP contribution in [0.5, 0.6) is 0 Å². The number of rotatable bonds is 7. The molecule has 2 aliphatic carbocycles. The van der Waals surface area contributed by atoms with Crippen molar-refractivity contribution in [3.8, 4) is 0 Å². The van der Waals surface area contributed by atoms with E-state index in [9.17, 15) is 0 Å². The van der Waals surface area contributed by atoms with Crippen molar-refractivity contribution in [3.05, 3.63) is 0 Å². The fourth-order valence-electron chi connectivity index (χ4n) is 3.84. The van der Waals surface area contributed by atoms with Gasteiger partial charge in [-0.15, -0.1) is 0 Å². The first-order valence-electron chi connectivity index (χ1n) is 8.20. The van der Waals surface area contributed by atoms with Gasteiger partial charge in [0.15, 0.2) is 0 Å². The Morgan fingerprint density at radius 2 is 1.89 bits per heavy atom. The molecule has 0 aromatic carbocycles. The third-order valence-corrected chi connectivity index (χ3v) is 4.99. The van der Waals surface area contributed by atoms with Crippen LogP contribution in [0, 0.1) is 5.92 Å². The molecule has 0 aromatic heterocycles. The second-order valence-electron chi connectivity index (χ2n) is 6.12. The van der Waals surface area contributed by atoms with Crippen LogP contribution in [0.4, 0.5) is 0 Å². The summed E-state index contributed by atoms with van der Waals surface area (Å²) in [6.07, 6.45) is 9.98. The van der Waals surface area contributed by atoms with Crippen molar-refractivity contribution in [1.82, 2.24) is 5.32 Å². The smallest absolute Gasteiger partial charge is 0.0986 e. The molecule has 0 amide bonds. The third-order valence-electron chi connectivity index (χ3n) is 4.99. The van der Waals surface area contributed by atoms with Gasteiger partial charge in [-0.3, -0.25) is 0 Å². The van der Waals surface area contributed by atoms with E-state index >= 15 is 0 Å². The lowest BCUT2D eigenvalue weighted by Gasteiger charge is -2.46. The molecule has 112 valence electrons. The van der Waals surface area contributed by atoms with E-state index < -0.39 is 0 Å². The Hall–Kier alpha value is -0.120. The van der Waals surface area contributed by atoms with Crippen molar-refractivity contribution < 1.29 is 9.47 Å². The molecule has 0 aromatic rings. The Kier molecular flexibility index (Phi) is 6.11. The highest BCUT2D eigenvalue weighted by Crippen LogP contribution is 2.32. The van der Waals surface area contributed by atoms with E-state index in [4.69, 9.17) is 9.47 Å². The topological polar surface area (TPSA) is 30.5 Å². The van der Waals surface area contributed by atoms with Gasteiger partial charge in [-0.2, -0.15) is 0 Å². The molecule has 0 aliphatic heterocycles. The molecule has 2 saturated carbocycles. The molecule has 4 atom stereocenters. The van der Waals surface area contributed by atoms with E-state index in [1.54, 1.807) is 0 Å². The highest BCUT2D eigenvalue weighted by molar-refractivity contribution is 4.99. The Morgan fingerprint density at radius 1 is 1.16 bits per heavy atom. The van der Waals surface area contributed by atoms with Gasteiger partial charge >= 0.3 is 0 Å². The zero-order valence-corrected chi connectivity index (χ0v) is 12.9. The van der Waals surface area contributed by atoms with Gasteiger partial charge in [0.25, 0.3) is 0 Å². The van der Waals surface area contributed by atoms with Crippen LogP contribution in [-0.4, -0.2) is 38.0 Å². The molecule has 19 heavy (non-hydrogen) atoms. The summed E-state index contributed by atoms with van der Waals surface area (Å²) in [7, 11) is 1.81. The highest BCUT2D eigenvalue weighted by atomic mass is 16.5. The van der Waals surface area contributed by atoms with Gasteiger partial charge in [0, 0.05) is 25.8 Å². The molecule has 3 nitrogen and oxygen atoms in total. The molecule has 3 heteroatoms. The molecular formula is C16H31NO2. The number of hydrogen-bond donors (Lipinski definition) is 1. The van der Waals surface area contributed by atoms with E-state index in [1.807, 2.05) is 7.11 Å². The molecular weight excluding hydrogens is 238 g/mol. The van der Waals surface area contributed by atoms with Crippen LogP contribution in [0.2, 0.25) is 0 Å². The summed E-state index contributed by atoms with van der Waals surface area (Å²) in [6.45, 7) is 5.16. The maximum atomic E-state index is 5.71. The first-order chi connectivity index (χ1) is 9.30. The lowest BCUT2D eigenvalue weighted by atomic mass is 9.79. The summed E-state index contributed by atoms with van der Waals surface area (Å²) in [6, 6.07) is 1.17. The molecule has 2 rings (SSSR count). The minimum atomic E-state index is 0.248. The minimum Gasteiger partial charge on any atom is -0.377 e. The average molecular weight is 269 g/mol. The van der Waals surface area contributed by atoms with E-state index in [-0.39, 0.29) is 6.10 Å². The first kappa shape index (κ1) is 15.3. The van der Waals surface area contributed by atoms with Crippen molar-refractivity contribution in [2.45, 2.75) is 83.1 Å². The van der Waals surface area contributed by atoms with E-state index in [2.05, 4.69) is 19.2 Å². The molecule has 0 saturated heterocycles. The monoisotopic (exact) mass is 269 g/mol. The molecule has 4 unspecified atom stereocenters. The molecule has 2 aliphatic rings. The zero-order valence-electron chi connectivity index (χ0n) is 12.9. The normalized spacial score (nSPS) is 33.9. The largest absolute Gasteiger partial charge is 0.377 e. The summed E-state index contributed by atoms with van der Waals surface area (Å²) < 4.78 is 11.3. The van der Waals surface area contributed by atoms with Gasteiger partial charge in [-0.25, -0.2) is 0 Å². The Balaban J connectivity index is 1.81. The van der Waals surface area contributed by atoms with Gasteiger partial charge in [-0.05, 0) is 38.5 Å². The third kappa shape index (κ3) is 3.71. The lowest BCUT2D eigenvalue weighted by Crippen LogP contribution is -2.62. The predicted octanol–water partition coefficient (Wildman–Crippen LogP) is 3.13. The summed E-state index contributed by atoms with van der Waals surface area (Å²) in [5.41, 5.74) is 0. The summed E-state index contributed by atoms with van der Waals surface area (Å²) in [5.74, 6) is 0.877. The second-order valence-corrected chi connectivity index (χ2v) is 6.12. The van der Waals surface area contributed by atoms with Crippen LogP contribution in [0.25, 0.3) is 0 Å². The molecule has 0 bridgehead atoms. The fraction of sp³-hybridized carbons (Fsp3) is 1.00. The molecule has 1 N–H and O–H groups in total. The average Bonchev–Trinajstić information content (AvgIpc) is 2.43. The van der Waals surface area contributed by atoms with Crippen molar-refractivity contribution >= 4 is 0 Å². The van der Waals surface area contributed by atoms with Crippen molar-refractivity contribution in [2.75, 3.05) is 13.7 Å². The Morgan fingerprint density at radius 3 is 2.47 bits per heavy atom. The minimum absolute atomic E-state index is 0.248. The Labute approximate surface area is 118 Å². The highest BCUT2D eigenvalue weighted by Gasteiger charge is 2.43. The van der Waals surface area contributed by atoms with Crippen molar-refractivity contribution in [2.24, 2.45) is 5.92 Å². The van der Waals surface area contributed by atoms with Gasteiger partial charge in [0.05, 0.1) is 12.2 Å². The van der Waals surface area contributed by atoms with Crippen molar-refractivity contribution in [3.63, 3.8) is 0 Å². The summed E-state index contributed by atoms with van der Waals surface area (Å²) in [5, 5.41) is 3.86. The summed E-state index contributed by atoms with van der Waals surface area (Å²) in [4.78, 5) is 0. The van der Waals surface area contributed by atoms with Crippen LogP contribution in [0.3, 0.4) is 0 Å². The quantitative estimate of drug-likeness (QED) is 0.770. The first-order valence-corrected chi connectivity index (χ1v) is 8.20. The number of nitrogens with one attached hydrogen (secondary N) is 1. The standard InChI is InChI=1S/C16H31NO2/c1-4-13(12-9-7-6-8-10-12)17-14-11-15(19-5-2)16(14)18-3/h12-17H,4-11H2,1-3H3. The number of ether oxygens (including phenoxy) is 2. The second kappa shape index (κ2) is 7.61. The zero-order chi connectivity index (χ0) is 13.7. The molecule has 2 fully saturated rings. The fourth-order valence-corrected chi connectivity index (χ4v) is 3.84. The SMILES string of the molecule is CCOC1CC(NC(CC)C2CCCCC2)C1OC. The Bertz CT molecular complexity index is 253. The maximum Gasteiger partial charge on any atom is 0.0986 e.